The Hall–Kier alpha value is -3.20. The second-order valence-electron chi connectivity index (χ2n) is 7.48. The van der Waals surface area contributed by atoms with Gasteiger partial charge in [0.2, 0.25) is 5.91 Å². The second-order valence-corrected chi connectivity index (χ2v) is 9.05. The van der Waals surface area contributed by atoms with Gasteiger partial charge in [0.1, 0.15) is 18.7 Å². The van der Waals surface area contributed by atoms with Crippen molar-refractivity contribution in [1.29, 1.82) is 0 Å². The van der Waals surface area contributed by atoms with Gasteiger partial charge in [-0.3, -0.25) is 9.00 Å². The van der Waals surface area contributed by atoms with Crippen molar-refractivity contribution in [1.82, 2.24) is 10.6 Å². The van der Waals surface area contributed by atoms with Crippen LogP contribution < -0.4 is 10.6 Å². The number of carbonyl (C=O) groups is 3. The highest BCUT2D eigenvalue weighted by Gasteiger charge is 2.29. The minimum absolute atomic E-state index is 0.0220. The quantitative estimate of drug-likeness (QED) is 0.474. The van der Waals surface area contributed by atoms with Gasteiger partial charge >= 0.3 is 12.1 Å². The van der Waals surface area contributed by atoms with Gasteiger partial charge in [0.25, 0.3) is 0 Å². The second kappa shape index (κ2) is 12.6. The summed E-state index contributed by atoms with van der Waals surface area (Å²) >= 11 is 0. The van der Waals surface area contributed by atoms with Crippen LogP contribution in [-0.2, 0) is 31.7 Å². The van der Waals surface area contributed by atoms with Gasteiger partial charge < -0.3 is 20.5 Å². The fraction of sp³-hybridized carbons (Fsp3) is 0.348. The summed E-state index contributed by atoms with van der Waals surface area (Å²) in [6.45, 7) is 3.49. The smallest absolute Gasteiger partial charge is 0.408 e. The highest BCUT2D eigenvalue weighted by atomic mass is 32.2. The first-order valence-electron chi connectivity index (χ1n) is 10.2. The maximum Gasteiger partial charge on any atom is 0.408 e. The molecule has 0 fully saturated rings. The third kappa shape index (κ3) is 8.14. The monoisotopic (exact) mass is 460 g/mol. The molecule has 2 aromatic carbocycles. The van der Waals surface area contributed by atoms with Crippen LogP contribution >= 0.6 is 0 Å². The van der Waals surface area contributed by atoms with Gasteiger partial charge in [0, 0.05) is 10.6 Å². The highest BCUT2D eigenvalue weighted by molar-refractivity contribution is 7.85. The maximum atomic E-state index is 12.7. The van der Waals surface area contributed by atoms with E-state index in [0.717, 1.165) is 5.56 Å². The molecule has 0 heterocycles. The fourth-order valence-corrected chi connectivity index (χ4v) is 4.01. The van der Waals surface area contributed by atoms with E-state index in [2.05, 4.69) is 10.6 Å². The summed E-state index contributed by atoms with van der Waals surface area (Å²) in [4.78, 5) is 37.1. The Bertz CT molecular complexity index is 921. The van der Waals surface area contributed by atoms with Gasteiger partial charge in [-0.15, -0.1) is 0 Å². The molecule has 32 heavy (non-hydrogen) atoms. The van der Waals surface area contributed by atoms with Crippen LogP contribution in [0.4, 0.5) is 4.79 Å². The first-order chi connectivity index (χ1) is 15.3. The van der Waals surface area contributed by atoms with Gasteiger partial charge in [0.05, 0.1) is 10.8 Å². The number of aliphatic carboxylic acids is 1. The molecular weight excluding hydrogens is 432 g/mol. The van der Waals surface area contributed by atoms with Gasteiger partial charge in [-0.05, 0) is 30.0 Å². The molecule has 0 aliphatic carbocycles. The van der Waals surface area contributed by atoms with Crippen LogP contribution in [0, 0.1) is 5.92 Å². The zero-order valence-electron chi connectivity index (χ0n) is 18.0. The Balaban J connectivity index is 1.92. The van der Waals surface area contributed by atoms with Crippen LogP contribution in [0.3, 0.4) is 0 Å². The molecule has 0 bridgehead atoms. The summed E-state index contributed by atoms with van der Waals surface area (Å²) in [5.41, 5.74) is 0.797. The Morgan fingerprint density at radius 3 is 2.12 bits per heavy atom. The van der Waals surface area contributed by atoms with E-state index in [0.29, 0.717) is 4.90 Å². The van der Waals surface area contributed by atoms with Crippen LogP contribution in [0.2, 0.25) is 0 Å². The molecule has 0 aliphatic heterocycles. The lowest BCUT2D eigenvalue weighted by Gasteiger charge is -2.23. The number of carbonyl (C=O) groups excluding carboxylic acids is 2. The van der Waals surface area contributed by atoms with Gasteiger partial charge in [-0.2, -0.15) is 0 Å². The largest absolute Gasteiger partial charge is 0.480 e. The van der Waals surface area contributed by atoms with Gasteiger partial charge in [0.15, 0.2) is 0 Å². The van der Waals surface area contributed by atoms with Gasteiger partial charge in [-0.1, -0.05) is 62.4 Å². The third-order valence-electron chi connectivity index (χ3n) is 4.65. The molecule has 0 aromatic heterocycles. The first-order valence-corrected chi connectivity index (χ1v) is 11.5. The lowest BCUT2D eigenvalue weighted by Crippen LogP contribution is -2.54. The number of hydrogen-bond donors (Lipinski definition) is 3. The molecule has 2 amide bonds. The van der Waals surface area contributed by atoms with Crippen molar-refractivity contribution in [2.45, 2.75) is 43.9 Å². The number of ether oxygens (including phenoxy) is 1. The van der Waals surface area contributed by atoms with E-state index >= 15 is 0 Å². The average molecular weight is 461 g/mol. The normalized spacial score (nSPS) is 13.6. The standard InChI is InChI=1S/C23H28N2O6S/c1-16(2)20(25-23(29)31-15-17-9-5-3-6-10-17)21(26)24-19(22(27)28)13-14-32(30)18-11-7-4-8-12-18/h3-12,16,19-20H,13-15H2,1-2H3,(H,24,26)(H,25,29)(H,27,28)/t19-,20+,32-/m0/s1. The van der Waals surface area contributed by atoms with E-state index in [1.165, 1.54) is 0 Å². The van der Waals surface area contributed by atoms with Crippen LogP contribution in [0.5, 0.6) is 0 Å². The SMILES string of the molecule is CC(C)[C@@H](NC(=O)OCc1ccccc1)C(=O)N[C@@H](CC[S@](=O)c1ccccc1)C(=O)O. The predicted octanol–water partition coefficient (Wildman–Crippen LogP) is 2.70. The number of alkyl carbamates (subject to hydrolysis) is 1. The summed E-state index contributed by atoms with van der Waals surface area (Å²) in [7, 11) is -1.39. The number of nitrogens with one attached hydrogen (secondary N) is 2. The molecule has 3 atom stereocenters. The number of amides is 2. The van der Waals surface area contributed by atoms with Crippen LogP contribution in [0.25, 0.3) is 0 Å². The van der Waals surface area contributed by atoms with E-state index in [1.807, 2.05) is 18.2 Å². The number of rotatable bonds is 11. The van der Waals surface area contributed by atoms with Crippen molar-refractivity contribution in [2.24, 2.45) is 5.92 Å². The van der Waals surface area contributed by atoms with E-state index in [1.54, 1.807) is 56.3 Å². The lowest BCUT2D eigenvalue weighted by atomic mass is 10.0. The number of hydrogen-bond acceptors (Lipinski definition) is 5. The summed E-state index contributed by atoms with van der Waals surface area (Å²) in [6.07, 6.45) is -0.800. The number of benzene rings is 2. The molecule has 9 heteroatoms. The average Bonchev–Trinajstić information content (AvgIpc) is 2.79. The van der Waals surface area contributed by atoms with Crippen LogP contribution in [-0.4, -0.2) is 45.1 Å². The Kier molecular flexibility index (Phi) is 9.87. The zero-order chi connectivity index (χ0) is 23.5. The lowest BCUT2D eigenvalue weighted by molar-refractivity contribution is -0.142. The van der Waals surface area contributed by atoms with E-state index in [-0.39, 0.29) is 24.7 Å². The minimum Gasteiger partial charge on any atom is -0.480 e. The predicted molar refractivity (Wildman–Crippen MR) is 120 cm³/mol. The minimum atomic E-state index is -1.39. The van der Waals surface area contributed by atoms with E-state index in [9.17, 15) is 23.7 Å². The number of carboxylic acid groups (broad SMARTS) is 1. The zero-order valence-corrected chi connectivity index (χ0v) is 18.8. The molecule has 0 spiro atoms. The van der Waals surface area contributed by atoms with Crippen LogP contribution in [0.1, 0.15) is 25.8 Å². The Morgan fingerprint density at radius 2 is 1.56 bits per heavy atom. The summed E-state index contributed by atoms with van der Waals surface area (Å²) in [5, 5.41) is 14.4. The summed E-state index contributed by atoms with van der Waals surface area (Å²) in [5.74, 6) is -2.13. The van der Waals surface area contributed by atoms with Crippen molar-refractivity contribution in [3.8, 4) is 0 Å². The van der Waals surface area contributed by atoms with Crippen molar-refractivity contribution >= 4 is 28.8 Å². The molecule has 3 N–H and O–H groups in total. The molecule has 0 aliphatic rings. The molecule has 0 radical (unpaired) electrons. The first kappa shape index (κ1) is 25.1. The highest BCUT2D eigenvalue weighted by Crippen LogP contribution is 2.09. The topological polar surface area (TPSA) is 122 Å². The molecule has 172 valence electrons. The molecule has 8 nitrogen and oxygen atoms in total. The van der Waals surface area contributed by atoms with Crippen molar-refractivity contribution in [3.05, 3.63) is 66.2 Å². The van der Waals surface area contributed by atoms with Crippen molar-refractivity contribution in [2.75, 3.05) is 5.75 Å². The number of carboxylic acids is 1. The molecular formula is C23H28N2O6S. The maximum absolute atomic E-state index is 12.7. The Morgan fingerprint density at radius 1 is 0.969 bits per heavy atom. The van der Waals surface area contributed by atoms with Crippen molar-refractivity contribution in [3.63, 3.8) is 0 Å². The fourth-order valence-electron chi connectivity index (χ4n) is 2.86. The molecule has 0 saturated carbocycles. The van der Waals surface area contributed by atoms with Crippen molar-refractivity contribution < 1.29 is 28.4 Å². The molecule has 2 aromatic rings. The summed E-state index contributed by atoms with van der Waals surface area (Å²) in [6, 6.07) is 15.6. The molecule has 0 unspecified atom stereocenters. The molecule has 0 saturated heterocycles. The van der Waals surface area contributed by atoms with Crippen LogP contribution in [0.15, 0.2) is 65.6 Å². The van der Waals surface area contributed by atoms with Gasteiger partial charge in [-0.25, -0.2) is 9.59 Å². The Labute approximate surface area is 189 Å². The molecule has 2 rings (SSSR count). The third-order valence-corrected chi connectivity index (χ3v) is 6.05. The summed E-state index contributed by atoms with van der Waals surface area (Å²) < 4.78 is 17.5. The van der Waals surface area contributed by atoms with E-state index in [4.69, 9.17) is 4.74 Å². The van der Waals surface area contributed by atoms with E-state index < -0.39 is 40.9 Å².